The summed E-state index contributed by atoms with van der Waals surface area (Å²) in [6, 6.07) is 14.6. The second-order valence-corrected chi connectivity index (χ2v) is 8.86. The number of hydrogen-bond acceptors (Lipinski definition) is 4. The first kappa shape index (κ1) is 23.5. The Bertz CT molecular complexity index is 1210. The Morgan fingerprint density at radius 1 is 0.742 bits per heavy atom. The summed E-state index contributed by atoms with van der Waals surface area (Å²) in [4.78, 5) is 7.86. The van der Waals surface area contributed by atoms with Gasteiger partial charge in [-0.1, -0.05) is 55.1 Å². The number of aromatic nitrogens is 2. The van der Waals surface area contributed by atoms with Crippen LogP contribution in [0.4, 0.5) is 0 Å². The Morgan fingerprint density at radius 2 is 1.26 bits per heavy atom. The fourth-order valence-electron chi connectivity index (χ4n) is 2.80. The largest absolute Gasteiger partial charge is 0.507 e. The highest BCUT2D eigenvalue weighted by Crippen LogP contribution is 2.36. The summed E-state index contributed by atoms with van der Waals surface area (Å²) in [5.41, 5.74) is 3.32. The van der Waals surface area contributed by atoms with Gasteiger partial charge in [0.2, 0.25) is 0 Å². The van der Waals surface area contributed by atoms with Crippen molar-refractivity contribution in [1.29, 1.82) is 0 Å². The molecule has 0 amide bonds. The predicted molar refractivity (Wildman–Crippen MR) is 133 cm³/mol. The quantitative estimate of drug-likeness (QED) is 0.265. The molecular formula is C23H16Br2Cl2N2O2. The van der Waals surface area contributed by atoms with Gasteiger partial charge in [-0.25, -0.2) is 0 Å². The first-order chi connectivity index (χ1) is 14.9. The maximum Gasteiger partial charge on any atom is 0.126 e. The van der Waals surface area contributed by atoms with Gasteiger partial charge in [0.05, 0.1) is 17.2 Å². The normalized spacial score (nSPS) is 10.2. The van der Waals surface area contributed by atoms with Gasteiger partial charge in [0, 0.05) is 56.0 Å². The monoisotopic (exact) mass is 580 g/mol. The summed E-state index contributed by atoms with van der Waals surface area (Å²) >= 11 is 18.9. The smallest absolute Gasteiger partial charge is 0.126 e. The van der Waals surface area contributed by atoms with E-state index in [0.29, 0.717) is 15.6 Å². The lowest BCUT2D eigenvalue weighted by molar-refractivity contribution is 0.416. The van der Waals surface area contributed by atoms with Gasteiger partial charge in [-0.15, -0.1) is 0 Å². The van der Waals surface area contributed by atoms with Crippen molar-refractivity contribution < 1.29 is 9.84 Å². The molecule has 2 aromatic carbocycles. The second kappa shape index (κ2) is 11.0. The molecule has 0 atom stereocenters. The molecule has 1 N–H and O–H groups in total. The molecule has 0 aliphatic carbocycles. The van der Waals surface area contributed by atoms with Gasteiger partial charge in [-0.3, -0.25) is 9.97 Å². The van der Waals surface area contributed by atoms with E-state index in [2.05, 4.69) is 41.8 Å². The van der Waals surface area contributed by atoms with Crippen molar-refractivity contribution >= 4 is 55.1 Å². The third kappa shape index (κ3) is 5.98. The number of nitrogens with zero attached hydrogens (tertiary/aromatic N) is 2. The topological polar surface area (TPSA) is 55.2 Å². The van der Waals surface area contributed by atoms with Gasteiger partial charge in [0.15, 0.2) is 0 Å². The van der Waals surface area contributed by atoms with E-state index in [1.807, 2.05) is 30.3 Å². The van der Waals surface area contributed by atoms with Crippen molar-refractivity contribution in [3.05, 3.63) is 92.3 Å². The van der Waals surface area contributed by atoms with Crippen LogP contribution in [0.25, 0.3) is 22.3 Å². The summed E-state index contributed by atoms with van der Waals surface area (Å²) in [5, 5.41) is 10.8. The molecule has 0 bridgehead atoms. The molecule has 0 spiro atoms. The van der Waals surface area contributed by atoms with Gasteiger partial charge in [-0.05, 0) is 48.5 Å². The molecule has 4 nitrogen and oxygen atoms in total. The number of pyridine rings is 2. The lowest BCUT2D eigenvalue weighted by Crippen LogP contribution is -1.89. The molecule has 0 unspecified atom stereocenters. The van der Waals surface area contributed by atoms with Crippen molar-refractivity contribution in [3.8, 4) is 33.8 Å². The van der Waals surface area contributed by atoms with Gasteiger partial charge >= 0.3 is 0 Å². The highest BCUT2D eigenvalue weighted by molar-refractivity contribution is 9.10. The average Bonchev–Trinajstić information content (AvgIpc) is 2.77. The van der Waals surface area contributed by atoms with Crippen LogP contribution < -0.4 is 4.74 Å². The number of benzene rings is 2. The molecule has 0 radical (unpaired) electrons. The van der Waals surface area contributed by atoms with Crippen LogP contribution in [0.3, 0.4) is 0 Å². The van der Waals surface area contributed by atoms with Crippen molar-refractivity contribution in [1.82, 2.24) is 9.97 Å². The third-order valence-electron chi connectivity index (χ3n) is 4.25. The molecule has 2 aromatic heterocycles. The van der Waals surface area contributed by atoms with Crippen LogP contribution in [0.2, 0.25) is 10.0 Å². The molecule has 4 aromatic rings. The molecule has 0 saturated heterocycles. The number of methoxy groups -OCH3 is 1. The minimum Gasteiger partial charge on any atom is -0.507 e. The van der Waals surface area contributed by atoms with Crippen LogP contribution in [-0.2, 0) is 0 Å². The van der Waals surface area contributed by atoms with Gasteiger partial charge in [0.1, 0.15) is 11.5 Å². The predicted octanol–water partition coefficient (Wildman–Crippen LogP) is 8.04. The summed E-state index contributed by atoms with van der Waals surface area (Å²) in [6.45, 7) is 0. The third-order valence-corrected chi connectivity index (χ3v) is 5.83. The maximum atomic E-state index is 9.71. The minimum atomic E-state index is 0.200. The first-order valence-electron chi connectivity index (χ1n) is 8.92. The van der Waals surface area contributed by atoms with Crippen LogP contribution in [-0.4, -0.2) is 22.2 Å². The highest BCUT2D eigenvalue weighted by Gasteiger charge is 2.10. The molecule has 0 saturated carbocycles. The molecule has 0 aliphatic heterocycles. The number of hydrogen-bond donors (Lipinski definition) is 1. The minimum absolute atomic E-state index is 0.200. The van der Waals surface area contributed by atoms with Crippen LogP contribution in [0.15, 0.2) is 82.3 Å². The van der Waals surface area contributed by atoms with Gasteiger partial charge in [0.25, 0.3) is 0 Å². The van der Waals surface area contributed by atoms with Crippen molar-refractivity contribution in [2.24, 2.45) is 0 Å². The zero-order valence-corrected chi connectivity index (χ0v) is 20.9. The molecular weight excluding hydrogens is 567 g/mol. The number of aromatic hydroxyl groups is 1. The lowest BCUT2D eigenvalue weighted by atomic mass is 10.1. The molecule has 0 fully saturated rings. The average molecular weight is 583 g/mol. The van der Waals surface area contributed by atoms with E-state index in [9.17, 15) is 5.11 Å². The molecule has 4 rings (SSSR count). The summed E-state index contributed by atoms with van der Waals surface area (Å²) < 4.78 is 7.18. The summed E-state index contributed by atoms with van der Waals surface area (Å²) in [6.07, 6.45) is 6.53. The number of halogens is 4. The van der Waals surface area contributed by atoms with Crippen LogP contribution in [0.1, 0.15) is 0 Å². The highest BCUT2D eigenvalue weighted by atomic mass is 79.9. The Morgan fingerprint density at radius 3 is 1.81 bits per heavy atom. The van der Waals surface area contributed by atoms with Crippen LogP contribution in [0.5, 0.6) is 11.5 Å². The van der Waals surface area contributed by atoms with Crippen molar-refractivity contribution in [2.75, 3.05) is 7.11 Å². The maximum absolute atomic E-state index is 9.71. The van der Waals surface area contributed by atoms with Crippen LogP contribution in [0, 0.1) is 0 Å². The number of phenolic OH excluding ortho intramolecular Hbond substituents is 1. The number of rotatable bonds is 3. The Balaban J connectivity index is 0.000000176. The van der Waals surface area contributed by atoms with E-state index in [1.54, 1.807) is 50.1 Å². The zero-order chi connectivity index (χ0) is 22.4. The van der Waals surface area contributed by atoms with Crippen molar-refractivity contribution in [3.63, 3.8) is 0 Å². The molecule has 31 heavy (non-hydrogen) atoms. The van der Waals surface area contributed by atoms with Crippen molar-refractivity contribution in [2.45, 2.75) is 0 Å². The fraction of sp³-hybridized carbons (Fsp3) is 0.0435. The lowest BCUT2D eigenvalue weighted by Gasteiger charge is -2.10. The molecule has 2 heterocycles. The van der Waals surface area contributed by atoms with E-state index in [0.717, 1.165) is 31.4 Å². The second-order valence-electron chi connectivity index (χ2n) is 6.22. The van der Waals surface area contributed by atoms with E-state index in [-0.39, 0.29) is 5.75 Å². The standard InChI is InChI=1S/C12H9BrClNO.C11H7BrClNO/c1-16-12-3-2-8(13)6-10(12)9-4-5-15-7-11(9)14;12-7-1-2-11(15)9(5-7)8-3-4-14-6-10(8)13/h2-7H,1H3;1-6,15H. The summed E-state index contributed by atoms with van der Waals surface area (Å²) in [7, 11) is 1.64. The Hall–Kier alpha value is -2.12. The zero-order valence-electron chi connectivity index (χ0n) is 16.2. The Kier molecular flexibility index (Phi) is 8.32. The van der Waals surface area contributed by atoms with E-state index in [1.165, 1.54) is 0 Å². The van der Waals surface area contributed by atoms with Crippen LogP contribution >= 0.6 is 55.1 Å². The molecule has 158 valence electrons. The number of ether oxygens (including phenoxy) is 1. The summed E-state index contributed by atoms with van der Waals surface area (Å²) in [5.74, 6) is 0.989. The first-order valence-corrected chi connectivity index (χ1v) is 11.3. The molecule has 0 aliphatic rings. The number of phenols is 1. The molecule has 8 heteroatoms. The van der Waals surface area contributed by atoms with E-state index < -0.39 is 0 Å². The van der Waals surface area contributed by atoms with E-state index >= 15 is 0 Å². The SMILES string of the molecule is COc1ccc(Br)cc1-c1ccncc1Cl.Oc1ccc(Br)cc1-c1ccncc1Cl. The fourth-order valence-corrected chi connectivity index (χ4v) is 3.97. The van der Waals surface area contributed by atoms with Gasteiger partial charge < -0.3 is 9.84 Å². The Labute approximate surface area is 207 Å². The van der Waals surface area contributed by atoms with E-state index in [4.69, 9.17) is 27.9 Å². The van der Waals surface area contributed by atoms with Gasteiger partial charge in [-0.2, -0.15) is 0 Å².